The fraction of sp³-hybridized carbons (Fsp3) is 0.333. The van der Waals surface area contributed by atoms with Crippen molar-refractivity contribution in [2.24, 2.45) is 16.5 Å². The van der Waals surface area contributed by atoms with Crippen molar-refractivity contribution in [3.8, 4) is 6.07 Å². The molecule has 0 spiro atoms. The molecule has 0 atom stereocenters. The van der Waals surface area contributed by atoms with Crippen molar-refractivity contribution in [3.05, 3.63) is 29.3 Å². The van der Waals surface area contributed by atoms with Crippen LogP contribution in [0.3, 0.4) is 0 Å². The Balaban J connectivity index is 3.33. The van der Waals surface area contributed by atoms with Crippen LogP contribution < -0.4 is 11.5 Å². The summed E-state index contributed by atoms with van der Waals surface area (Å²) >= 11 is 0. The number of amidine groups is 1. The second-order valence-corrected chi connectivity index (χ2v) is 4.56. The summed E-state index contributed by atoms with van der Waals surface area (Å²) in [7, 11) is 0. The van der Waals surface area contributed by atoms with Gasteiger partial charge in [-0.2, -0.15) is 18.4 Å². The Kier molecular flexibility index (Phi) is 3.86. The van der Waals surface area contributed by atoms with E-state index in [1.165, 1.54) is 12.1 Å². The van der Waals surface area contributed by atoms with Gasteiger partial charge in [-0.3, -0.25) is 0 Å². The van der Waals surface area contributed by atoms with Crippen LogP contribution in [0.15, 0.2) is 23.2 Å². The third-order valence-corrected chi connectivity index (χ3v) is 2.34. The average Bonchev–Trinajstić information content (AvgIpc) is 2.26. The third kappa shape index (κ3) is 3.69. The first-order valence-electron chi connectivity index (χ1n) is 5.30. The van der Waals surface area contributed by atoms with E-state index in [1.807, 2.05) is 0 Å². The minimum Gasteiger partial charge on any atom is -0.386 e. The number of rotatable bonds is 2. The van der Waals surface area contributed by atoms with Gasteiger partial charge in [0.15, 0.2) is 0 Å². The van der Waals surface area contributed by atoms with Gasteiger partial charge in [-0.05, 0) is 32.0 Å². The lowest BCUT2D eigenvalue weighted by molar-refractivity contribution is -0.137. The fourth-order valence-corrected chi connectivity index (χ4v) is 1.22. The van der Waals surface area contributed by atoms with Gasteiger partial charge < -0.3 is 11.5 Å². The fourth-order valence-electron chi connectivity index (χ4n) is 1.22. The molecule has 0 saturated heterocycles. The van der Waals surface area contributed by atoms with Crippen LogP contribution in [0, 0.1) is 11.3 Å². The molecule has 7 heteroatoms. The van der Waals surface area contributed by atoms with Crippen LogP contribution in [0.5, 0.6) is 0 Å². The Morgan fingerprint density at radius 2 is 1.89 bits per heavy atom. The Hall–Kier alpha value is -2.07. The molecule has 0 aliphatic heterocycles. The molecule has 19 heavy (non-hydrogen) atoms. The second kappa shape index (κ2) is 4.90. The monoisotopic (exact) mass is 270 g/mol. The molecule has 0 amide bonds. The van der Waals surface area contributed by atoms with E-state index in [9.17, 15) is 13.2 Å². The maximum absolute atomic E-state index is 12.7. The zero-order chi connectivity index (χ0) is 14.8. The standard InChI is InChI=1S/C12H13F3N4/c1-11(2,18)10(17)19-8-4-3-7(6-16)9(5-8)12(13,14)15/h3-5H,18H2,1-2H3,(H2,17,19). The summed E-state index contributed by atoms with van der Waals surface area (Å²) in [6.45, 7) is 3.17. The molecule has 0 saturated carbocycles. The number of hydrogen-bond acceptors (Lipinski definition) is 3. The molecular formula is C12H13F3N4. The highest BCUT2D eigenvalue weighted by molar-refractivity contribution is 5.91. The molecule has 0 aliphatic rings. The van der Waals surface area contributed by atoms with Crippen LogP contribution in [0.25, 0.3) is 0 Å². The van der Waals surface area contributed by atoms with Gasteiger partial charge in [0, 0.05) is 0 Å². The van der Waals surface area contributed by atoms with E-state index in [2.05, 4.69) is 4.99 Å². The van der Waals surface area contributed by atoms with E-state index in [0.29, 0.717) is 0 Å². The average molecular weight is 270 g/mol. The number of nitrogens with zero attached hydrogens (tertiary/aromatic N) is 2. The first kappa shape index (κ1) is 15.0. The molecular weight excluding hydrogens is 257 g/mol. The Morgan fingerprint density at radius 1 is 1.32 bits per heavy atom. The van der Waals surface area contributed by atoms with Gasteiger partial charge in [0.1, 0.15) is 5.84 Å². The van der Waals surface area contributed by atoms with Gasteiger partial charge in [0.25, 0.3) is 0 Å². The summed E-state index contributed by atoms with van der Waals surface area (Å²) in [5, 5.41) is 8.65. The summed E-state index contributed by atoms with van der Waals surface area (Å²) < 4.78 is 38.2. The van der Waals surface area contributed by atoms with Crippen molar-refractivity contribution in [2.45, 2.75) is 25.6 Å². The molecule has 0 aromatic heterocycles. The molecule has 0 fully saturated rings. The van der Waals surface area contributed by atoms with Gasteiger partial charge in [0.05, 0.1) is 28.4 Å². The Bertz CT molecular complexity index is 548. The number of nitriles is 1. The normalized spacial score (nSPS) is 13.2. The Labute approximate surface area is 108 Å². The topological polar surface area (TPSA) is 88.2 Å². The number of alkyl halides is 3. The largest absolute Gasteiger partial charge is 0.417 e. The highest BCUT2D eigenvalue weighted by Crippen LogP contribution is 2.34. The van der Waals surface area contributed by atoms with Crippen molar-refractivity contribution < 1.29 is 13.2 Å². The van der Waals surface area contributed by atoms with Crippen LogP contribution in [0.2, 0.25) is 0 Å². The maximum Gasteiger partial charge on any atom is 0.417 e. The third-order valence-electron chi connectivity index (χ3n) is 2.34. The van der Waals surface area contributed by atoms with Gasteiger partial charge in [-0.25, -0.2) is 4.99 Å². The predicted molar refractivity (Wildman–Crippen MR) is 65.7 cm³/mol. The predicted octanol–water partition coefficient (Wildman–Crippen LogP) is 2.30. The number of hydrogen-bond donors (Lipinski definition) is 2. The highest BCUT2D eigenvalue weighted by atomic mass is 19.4. The van der Waals surface area contributed by atoms with E-state index in [4.69, 9.17) is 16.7 Å². The van der Waals surface area contributed by atoms with E-state index in [-0.39, 0.29) is 11.5 Å². The quantitative estimate of drug-likeness (QED) is 0.638. The lowest BCUT2D eigenvalue weighted by Gasteiger charge is -2.17. The lowest BCUT2D eigenvalue weighted by atomic mass is 10.1. The van der Waals surface area contributed by atoms with E-state index >= 15 is 0 Å². The van der Waals surface area contributed by atoms with Crippen LogP contribution in [-0.4, -0.2) is 11.4 Å². The molecule has 102 valence electrons. The van der Waals surface area contributed by atoms with Gasteiger partial charge >= 0.3 is 6.18 Å². The first-order chi connectivity index (χ1) is 8.55. The van der Waals surface area contributed by atoms with Crippen molar-refractivity contribution in [1.82, 2.24) is 0 Å². The van der Waals surface area contributed by atoms with Gasteiger partial charge in [-0.1, -0.05) is 0 Å². The van der Waals surface area contributed by atoms with Crippen LogP contribution in [0.1, 0.15) is 25.0 Å². The molecule has 1 rings (SSSR count). The SMILES string of the molecule is CC(C)(N)C(N)=Nc1ccc(C#N)c(C(F)(F)F)c1. The minimum atomic E-state index is -4.62. The molecule has 0 unspecified atom stereocenters. The van der Waals surface area contributed by atoms with Gasteiger partial charge in [-0.15, -0.1) is 0 Å². The molecule has 4 nitrogen and oxygen atoms in total. The summed E-state index contributed by atoms with van der Waals surface area (Å²) in [5.41, 5.74) is 8.83. The number of halogens is 3. The van der Waals surface area contributed by atoms with E-state index < -0.39 is 22.8 Å². The first-order valence-corrected chi connectivity index (χ1v) is 5.30. The Morgan fingerprint density at radius 3 is 2.32 bits per heavy atom. The minimum absolute atomic E-state index is 0.00218. The molecule has 1 aromatic rings. The summed E-state index contributed by atoms with van der Waals surface area (Å²) in [6.07, 6.45) is -4.62. The maximum atomic E-state index is 12.7. The highest BCUT2D eigenvalue weighted by Gasteiger charge is 2.33. The summed E-state index contributed by atoms with van der Waals surface area (Å²) in [4.78, 5) is 3.84. The molecule has 4 N–H and O–H groups in total. The zero-order valence-corrected chi connectivity index (χ0v) is 10.4. The molecule has 0 aliphatic carbocycles. The molecule has 0 heterocycles. The smallest absolute Gasteiger partial charge is 0.386 e. The second-order valence-electron chi connectivity index (χ2n) is 4.56. The van der Waals surface area contributed by atoms with Crippen molar-refractivity contribution in [3.63, 3.8) is 0 Å². The zero-order valence-electron chi connectivity index (χ0n) is 10.4. The lowest BCUT2D eigenvalue weighted by Crippen LogP contribution is -2.46. The number of aliphatic imine (C=N–C) groups is 1. The molecule has 0 radical (unpaired) electrons. The number of benzene rings is 1. The van der Waals surface area contributed by atoms with Crippen LogP contribution >= 0.6 is 0 Å². The molecule has 0 bridgehead atoms. The summed E-state index contributed by atoms with van der Waals surface area (Å²) in [5.74, 6) is 0.00494. The van der Waals surface area contributed by atoms with E-state index in [0.717, 1.165) is 12.1 Å². The number of nitrogens with two attached hydrogens (primary N) is 2. The van der Waals surface area contributed by atoms with Crippen LogP contribution in [-0.2, 0) is 6.18 Å². The summed E-state index contributed by atoms with van der Waals surface area (Å²) in [6, 6.07) is 4.60. The van der Waals surface area contributed by atoms with Crippen LogP contribution in [0.4, 0.5) is 18.9 Å². The van der Waals surface area contributed by atoms with Crippen molar-refractivity contribution in [1.29, 1.82) is 5.26 Å². The molecule has 1 aromatic carbocycles. The van der Waals surface area contributed by atoms with Gasteiger partial charge in [0.2, 0.25) is 0 Å². The van der Waals surface area contributed by atoms with Crippen molar-refractivity contribution >= 4 is 11.5 Å². The van der Waals surface area contributed by atoms with Crippen molar-refractivity contribution in [2.75, 3.05) is 0 Å². The van der Waals surface area contributed by atoms with E-state index in [1.54, 1.807) is 13.8 Å².